The molecule has 5 rings (SSSR count). The molecule has 3 heterocycles. The number of hydrazine groups is 1. The zero-order valence-electron chi connectivity index (χ0n) is 16.6. The van der Waals surface area contributed by atoms with Crippen molar-refractivity contribution in [2.75, 3.05) is 5.75 Å². The Morgan fingerprint density at radius 2 is 2.13 bits per heavy atom. The van der Waals surface area contributed by atoms with Crippen LogP contribution in [0.15, 0.2) is 27.8 Å². The summed E-state index contributed by atoms with van der Waals surface area (Å²) in [7, 11) is 0. The molecule has 7 nitrogen and oxygen atoms in total. The molecule has 9 heteroatoms. The van der Waals surface area contributed by atoms with Gasteiger partial charge in [-0.1, -0.05) is 18.7 Å². The highest BCUT2D eigenvalue weighted by Crippen LogP contribution is 2.44. The molecule has 0 aliphatic heterocycles. The third-order valence-corrected chi connectivity index (χ3v) is 7.61. The number of furan rings is 1. The smallest absolute Gasteiger partial charge is 0.305 e. The van der Waals surface area contributed by atoms with E-state index in [-0.39, 0.29) is 17.4 Å². The number of nitrogens with zero attached hydrogens (tertiary/aromatic N) is 2. The SMILES string of the molecule is CC1CCc2c(sc3nc(C4CC4)nc(SCC(=O)NNC(=O)c4ccco4)c23)C1. The van der Waals surface area contributed by atoms with Gasteiger partial charge in [-0.15, -0.1) is 11.3 Å². The average Bonchev–Trinajstić information content (AvgIpc) is 3.31. The van der Waals surface area contributed by atoms with Crippen LogP contribution in [-0.2, 0) is 17.6 Å². The number of aromatic nitrogens is 2. The Labute approximate surface area is 182 Å². The van der Waals surface area contributed by atoms with E-state index in [2.05, 4.69) is 17.8 Å². The van der Waals surface area contributed by atoms with Crippen LogP contribution in [0.1, 0.15) is 58.9 Å². The van der Waals surface area contributed by atoms with Crippen LogP contribution in [0.3, 0.4) is 0 Å². The first kappa shape index (κ1) is 19.6. The molecule has 0 radical (unpaired) electrons. The summed E-state index contributed by atoms with van der Waals surface area (Å²) in [6.07, 6.45) is 6.99. The first-order valence-electron chi connectivity index (χ1n) is 10.2. The van der Waals surface area contributed by atoms with Crippen LogP contribution in [-0.4, -0.2) is 27.5 Å². The minimum Gasteiger partial charge on any atom is -0.459 e. The van der Waals surface area contributed by atoms with Gasteiger partial charge < -0.3 is 4.42 Å². The lowest BCUT2D eigenvalue weighted by atomic mass is 9.89. The fourth-order valence-corrected chi connectivity index (χ4v) is 6.04. The summed E-state index contributed by atoms with van der Waals surface area (Å²) in [5, 5.41) is 2.02. The van der Waals surface area contributed by atoms with E-state index in [4.69, 9.17) is 14.4 Å². The van der Waals surface area contributed by atoms with E-state index >= 15 is 0 Å². The minimum absolute atomic E-state index is 0.147. The number of nitrogens with one attached hydrogen (secondary N) is 2. The van der Waals surface area contributed by atoms with Gasteiger partial charge in [-0.3, -0.25) is 20.4 Å². The third kappa shape index (κ3) is 3.96. The lowest BCUT2D eigenvalue weighted by Gasteiger charge is -2.18. The lowest BCUT2D eigenvalue weighted by molar-refractivity contribution is -0.119. The average molecular weight is 443 g/mol. The molecule has 1 unspecified atom stereocenters. The van der Waals surface area contributed by atoms with Crippen LogP contribution in [0.2, 0.25) is 0 Å². The number of hydrogen-bond donors (Lipinski definition) is 2. The van der Waals surface area contributed by atoms with Gasteiger partial charge >= 0.3 is 5.91 Å². The van der Waals surface area contributed by atoms with Crippen molar-refractivity contribution >= 4 is 45.1 Å². The summed E-state index contributed by atoms with van der Waals surface area (Å²) in [6, 6.07) is 3.15. The van der Waals surface area contributed by atoms with E-state index in [1.165, 1.54) is 41.0 Å². The highest BCUT2D eigenvalue weighted by Gasteiger charge is 2.30. The number of amides is 2. The summed E-state index contributed by atoms with van der Waals surface area (Å²) >= 11 is 3.21. The molecule has 2 amide bonds. The van der Waals surface area contributed by atoms with Gasteiger partial charge in [0.05, 0.1) is 12.0 Å². The van der Waals surface area contributed by atoms with E-state index in [1.807, 2.05) is 0 Å². The van der Waals surface area contributed by atoms with Gasteiger partial charge in [0.2, 0.25) is 5.91 Å². The largest absolute Gasteiger partial charge is 0.459 e. The van der Waals surface area contributed by atoms with E-state index < -0.39 is 5.91 Å². The number of carbonyl (C=O) groups excluding carboxylic acids is 2. The number of fused-ring (bicyclic) bond motifs is 3. The second kappa shape index (κ2) is 8.03. The van der Waals surface area contributed by atoms with E-state index in [9.17, 15) is 9.59 Å². The zero-order valence-corrected chi connectivity index (χ0v) is 18.2. The van der Waals surface area contributed by atoms with E-state index in [1.54, 1.807) is 17.4 Å². The van der Waals surface area contributed by atoms with Gasteiger partial charge in [-0.25, -0.2) is 9.97 Å². The number of carbonyl (C=O) groups is 2. The van der Waals surface area contributed by atoms with Crippen molar-refractivity contribution in [2.24, 2.45) is 5.92 Å². The highest BCUT2D eigenvalue weighted by molar-refractivity contribution is 8.00. The van der Waals surface area contributed by atoms with Crippen LogP contribution in [0.5, 0.6) is 0 Å². The lowest BCUT2D eigenvalue weighted by Crippen LogP contribution is -2.42. The monoisotopic (exact) mass is 442 g/mol. The van der Waals surface area contributed by atoms with Crippen LogP contribution in [0.4, 0.5) is 0 Å². The maximum atomic E-state index is 12.3. The first-order valence-corrected chi connectivity index (χ1v) is 12.0. The molecule has 1 atom stereocenters. The van der Waals surface area contributed by atoms with Crippen molar-refractivity contribution in [1.82, 2.24) is 20.8 Å². The second-order valence-corrected chi connectivity index (χ2v) is 10.0. The van der Waals surface area contributed by atoms with Gasteiger partial charge in [0.1, 0.15) is 15.7 Å². The maximum absolute atomic E-state index is 12.3. The Morgan fingerprint density at radius 1 is 1.27 bits per heavy atom. The number of aryl methyl sites for hydroxylation is 1. The van der Waals surface area contributed by atoms with Crippen LogP contribution in [0.25, 0.3) is 10.2 Å². The van der Waals surface area contributed by atoms with Crippen LogP contribution in [0, 0.1) is 5.92 Å². The number of thioether (sulfide) groups is 1. The molecular weight excluding hydrogens is 420 g/mol. The van der Waals surface area contributed by atoms with Gasteiger partial charge in [-0.05, 0) is 55.7 Å². The molecule has 0 spiro atoms. The van der Waals surface area contributed by atoms with Gasteiger partial charge in [-0.2, -0.15) is 0 Å². The molecule has 3 aromatic heterocycles. The highest BCUT2D eigenvalue weighted by atomic mass is 32.2. The van der Waals surface area contributed by atoms with Crippen molar-refractivity contribution in [3.05, 3.63) is 40.4 Å². The Kier molecular flexibility index (Phi) is 5.24. The third-order valence-electron chi connectivity index (χ3n) is 5.48. The minimum atomic E-state index is -0.486. The van der Waals surface area contributed by atoms with Crippen molar-refractivity contribution in [3.63, 3.8) is 0 Å². The predicted molar refractivity (Wildman–Crippen MR) is 116 cm³/mol. The Morgan fingerprint density at radius 3 is 2.90 bits per heavy atom. The summed E-state index contributed by atoms with van der Waals surface area (Å²) in [4.78, 5) is 36.4. The number of hydrogen-bond acceptors (Lipinski definition) is 7. The van der Waals surface area contributed by atoms with Gasteiger partial charge in [0, 0.05) is 16.2 Å². The summed E-state index contributed by atoms with van der Waals surface area (Å²) < 4.78 is 5.01. The first-order chi connectivity index (χ1) is 14.6. The van der Waals surface area contributed by atoms with Crippen molar-refractivity contribution in [2.45, 2.75) is 50.0 Å². The van der Waals surface area contributed by atoms with Crippen LogP contribution >= 0.6 is 23.1 Å². The number of rotatable bonds is 5. The predicted octanol–water partition coefficient (Wildman–Crippen LogP) is 3.84. The molecule has 0 bridgehead atoms. The number of thiophene rings is 1. The molecular formula is C21H22N4O3S2. The van der Waals surface area contributed by atoms with E-state index in [0.29, 0.717) is 11.8 Å². The normalized spacial score (nSPS) is 18.2. The quantitative estimate of drug-likeness (QED) is 0.354. The zero-order chi connectivity index (χ0) is 20.7. The molecule has 0 saturated heterocycles. The maximum Gasteiger partial charge on any atom is 0.305 e. The molecule has 2 aliphatic carbocycles. The Hall–Kier alpha value is -2.39. The van der Waals surface area contributed by atoms with Gasteiger partial charge in [0.15, 0.2) is 5.76 Å². The van der Waals surface area contributed by atoms with E-state index in [0.717, 1.165) is 46.8 Å². The molecule has 3 aromatic rings. The molecule has 30 heavy (non-hydrogen) atoms. The van der Waals surface area contributed by atoms with Crippen molar-refractivity contribution < 1.29 is 14.0 Å². The fourth-order valence-electron chi connectivity index (χ4n) is 3.72. The molecule has 1 saturated carbocycles. The molecule has 0 aromatic carbocycles. The summed E-state index contributed by atoms with van der Waals surface area (Å²) in [5.74, 6) is 1.58. The Bertz CT molecular complexity index is 1110. The topological polar surface area (TPSA) is 97.1 Å². The summed E-state index contributed by atoms with van der Waals surface area (Å²) in [5.41, 5.74) is 6.18. The second-order valence-electron chi connectivity index (χ2n) is 7.96. The fraction of sp³-hybridized carbons (Fsp3) is 0.429. The van der Waals surface area contributed by atoms with Crippen molar-refractivity contribution in [3.8, 4) is 0 Å². The Balaban J connectivity index is 1.33. The van der Waals surface area contributed by atoms with Gasteiger partial charge in [0.25, 0.3) is 0 Å². The molecule has 2 aliphatic rings. The van der Waals surface area contributed by atoms with Crippen molar-refractivity contribution in [1.29, 1.82) is 0 Å². The standard InChI is InChI=1S/C21H22N4O3S2/c1-11-4-7-13-15(9-11)30-21-17(13)20(22-18(23-21)12-5-6-12)29-10-16(26)24-25-19(27)14-3-2-8-28-14/h2-3,8,11-12H,4-7,9-10H2,1H3,(H,24,26)(H,25,27). The molecule has 1 fully saturated rings. The molecule has 2 N–H and O–H groups in total. The summed E-state index contributed by atoms with van der Waals surface area (Å²) in [6.45, 7) is 2.30. The van der Waals surface area contributed by atoms with Crippen LogP contribution < -0.4 is 10.9 Å². The molecule has 156 valence electrons.